The number of benzene rings is 1. The molecule has 0 amide bonds. The molecule has 2 aromatic rings. The molecule has 1 atom stereocenters. The lowest BCUT2D eigenvalue weighted by Gasteiger charge is -2.11. The highest BCUT2D eigenvalue weighted by molar-refractivity contribution is 5.29. The van der Waals surface area contributed by atoms with Crippen molar-refractivity contribution in [2.24, 2.45) is 5.73 Å². The summed E-state index contributed by atoms with van der Waals surface area (Å²) in [5, 5.41) is 0. The van der Waals surface area contributed by atoms with Gasteiger partial charge in [-0.05, 0) is 30.2 Å². The van der Waals surface area contributed by atoms with Gasteiger partial charge in [0.2, 0.25) is 0 Å². The topological polar surface area (TPSA) is 48.4 Å². The van der Waals surface area contributed by atoms with Gasteiger partial charge in [0.15, 0.2) is 0 Å². The molecule has 1 unspecified atom stereocenters. The van der Waals surface area contributed by atoms with E-state index in [-0.39, 0.29) is 11.8 Å². The standard InChI is InChI=1S/C13H12F3NO2/c14-13(15,16)19-11-3-1-9(2-4-11)7-12(17)10-5-6-18-8-10/h1-6,8,12H,7,17H2. The maximum atomic E-state index is 12.0. The minimum atomic E-state index is -4.67. The highest BCUT2D eigenvalue weighted by Crippen LogP contribution is 2.24. The van der Waals surface area contributed by atoms with Gasteiger partial charge in [-0.1, -0.05) is 12.1 Å². The van der Waals surface area contributed by atoms with Crippen molar-refractivity contribution in [1.82, 2.24) is 0 Å². The second-order valence-electron chi connectivity index (χ2n) is 4.06. The van der Waals surface area contributed by atoms with Crippen LogP contribution in [0.5, 0.6) is 5.75 Å². The van der Waals surface area contributed by atoms with Crippen molar-refractivity contribution in [2.45, 2.75) is 18.8 Å². The molecule has 6 heteroatoms. The molecule has 2 N–H and O–H groups in total. The van der Waals surface area contributed by atoms with Gasteiger partial charge in [0.1, 0.15) is 5.75 Å². The lowest BCUT2D eigenvalue weighted by molar-refractivity contribution is -0.274. The van der Waals surface area contributed by atoms with Crippen LogP contribution < -0.4 is 10.5 Å². The third-order valence-electron chi connectivity index (χ3n) is 2.58. The zero-order valence-electron chi connectivity index (χ0n) is 9.85. The first kappa shape index (κ1) is 13.5. The average Bonchev–Trinajstić information content (AvgIpc) is 2.83. The summed E-state index contributed by atoms with van der Waals surface area (Å²) in [4.78, 5) is 0. The summed E-state index contributed by atoms with van der Waals surface area (Å²) < 4.78 is 44.7. The molecule has 0 fully saturated rings. The molecule has 0 saturated carbocycles. The van der Waals surface area contributed by atoms with E-state index in [1.165, 1.54) is 18.4 Å². The van der Waals surface area contributed by atoms with Crippen LogP contribution in [-0.2, 0) is 6.42 Å². The van der Waals surface area contributed by atoms with E-state index >= 15 is 0 Å². The highest BCUT2D eigenvalue weighted by atomic mass is 19.4. The molecule has 1 heterocycles. The van der Waals surface area contributed by atoms with Crippen LogP contribution in [0, 0.1) is 0 Å². The second kappa shape index (κ2) is 5.36. The molecule has 0 aliphatic heterocycles. The molecule has 1 aromatic heterocycles. The van der Waals surface area contributed by atoms with E-state index < -0.39 is 6.36 Å². The van der Waals surface area contributed by atoms with Crippen molar-refractivity contribution in [3.63, 3.8) is 0 Å². The lowest BCUT2D eigenvalue weighted by atomic mass is 10.0. The van der Waals surface area contributed by atoms with Crippen molar-refractivity contribution in [3.05, 3.63) is 54.0 Å². The van der Waals surface area contributed by atoms with Crippen molar-refractivity contribution in [2.75, 3.05) is 0 Å². The Kier molecular flexibility index (Phi) is 3.80. The van der Waals surface area contributed by atoms with Crippen molar-refractivity contribution < 1.29 is 22.3 Å². The van der Waals surface area contributed by atoms with Gasteiger partial charge in [0, 0.05) is 11.6 Å². The van der Waals surface area contributed by atoms with Crippen LogP contribution in [0.4, 0.5) is 13.2 Å². The fourth-order valence-corrected chi connectivity index (χ4v) is 1.68. The molecular formula is C13H12F3NO2. The minimum Gasteiger partial charge on any atom is -0.472 e. The van der Waals surface area contributed by atoms with Gasteiger partial charge in [-0.2, -0.15) is 0 Å². The van der Waals surface area contributed by atoms with Crippen LogP contribution in [0.3, 0.4) is 0 Å². The molecule has 1 aromatic carbocycles. The van der Waals surface area contributed by atoms with E-state index in [0.717, 1.165) is 11.1 Å². The number of rotatable bonds is 4. The van der Waals surface area contributed by atoms with E-state index in [9.17, 15) is 13.2 Å². The predicted octanol–water partition coefficient (Wildman–Crippen LogP) is 3.42. The number of furan rings is 1. The number of nitrogens with two attached hydrogens (primary N) is 1. The maximum Gasteiger partial charge on any atom is 0.573 e. The smallest absolute Gasteiger partial charge is 0.472 e. The second-order valence-corrected chi connectivity index (χ2v) is 4.06. The maximum absolute atomic E-state index is 12.0. The predicted molar refractivity (Wildman–Crippen MR) is 62.5 cm³/mol. The Hall–Kier alpha value is -1.95. The third-order valence-corrected chi connectivity index (χ3v) is 2.58. The molecule has 19 heavy (non-hydrogen) atoms. The SMILES string of the molecule is NC(Cc1ccc(OC(F)(F)F)cc1)c1ccoc1. The largest absolute Gasteiger partial charge is 0.573 e. The van der Waals surface area contributed by atoms with Gasteiger partial charge in [0.25, 0.3) is 0 Å². The minimum absolute atomic E-state index is 0.242. The van der Waals surface area contributed by atoms with E-state index in [1.807, 2.05) is 0 Å². The Morgan fingerprint density at radius 1 is 1.16 bits per heavy atom. The van der Waals surface area contributed by atoms with Crippen LogP contribution in [0.25, 0.3) is 0 Å². The van der Waals surface area contributed by atoms with Gasteiger partial charge in [-0.15, -0.1) is 13.2 Å². The van der Waals surface area contributed by atoms with Crippen LogP contribution in [0.2, 0.25) is 0 Å². The number of ether oxygens (including phenoxy) is 1. The molecular weight excluding hydrogens is 259 g/mol. The Morgan fingerprint density at radius 2 is 1.84 bits per heavy atom. The molecule has 3 nitrogen and oxygen atoms in total. The Labute approximate surface area is 107 Å². The van der Waals surface area contributed by atoms with Crippen LogP contribution >= 0.6 is 0 Å². The molecule has 0 radical (unpaired) electrons. The number of hydrogen-bond donors (Lipinski definition) is 1. The molecule has 2 rings (SSSR count). The Balaban J connectivity index is 1.99. The van der Waals surface area contributed by atoms with E-state index in [2.05, 4.69) is 4.74 Å². The molecule has 0 bridgehead atoms. The molecule has 0 aliphatic carbocycles. The van der Waals surface area contributed by atoms with E-state index in [0.29, 0.717) is 6.42 Å². The fraction of sp³-hybridized carbons (Fsp3) is 0.231. The third kappa shape index (κ3) is 4.03. The first-order chi connectivity index (χ1) is 8.94. The molecule has 0 spiro atoms. The Bertz CT molecular complexity index is 506. The van der Waals surface area contributed by atoms with Gasteiger partial charge in [-0.3, -0.25) is 0 Å². The first-order valence-corrected chi connectivity index (χ1v) is 5.56. The zero-order chi connectivity index (χ0) is 13.9. The van der Waals surface area contributed by atoms with Crippen molar-refractivity contribution in [1.29, 1.82) is 0 Å². The first-order valence-electron chi connectivity index (χ1n) is 5.56. The van der Waals surface area contributed by atoms with Crippen molar-refractivity contribution >= 4 is 0 Å². The van der Waals surface area contributed by atoms with Crippen LogP contribution in [0.1, 0.15) is 17.2 Å². The summed E-state index contributed by atoms with van der Waals surface area (Å²) in [6, 6.07) is 7.15. The number of alkyl halides is 3. The summed E-state index contributed by atoms with van der Waals surface area (Å²) in [5.41, 5.74) is 7.61. The van der Waals surface area contributed by atoms with E-state index in [1.54, 1.807) is 24.5 Å². The van der Waals surface area contributed by atoms with Gasteiger partial charge >= 0.3 is 6.36 Å². The summed E-state index contributed by atoms with van der Waals surface area (Å²) in [7, 11) is 0. The van der Waals surface area contributed by atoms with Crippen molar-refractivity contribution in [3.8, 4) is 5.75 Å². The molecule has 0 saturated heterocycles. The lowest BCUT2D eigenvalue weighted by Crippen LogP contribution is -2.17. The number of hydrogen-bond acceptors (Lipinski definition) is 3. The Morgan fingerprint density at radius 3 is 2.37 bits per heavy atom. The quantitative estimate of drug-likeness (QED) is 0.926. The van der Waals surface area contributed by atoms with Gasteiger partial charge in [-0.25, -0.2) is 0 Å². The monoisotopic (exact) mass is 271 g/mol. The van der Waals surface area contributed by atoms with E-state index in [4.69, 9.17) is 10.2 Å². The van der Waals surface area contributed by atoms with Crippen LogP contribution in [0.15, 0.2) is 47.3 Å². The summed E-state index contributed by atoms with van der Waals surface area (Å²) >= 11 is 0. The average molecular weight is 271 g/mol. The summed E-state index contributed by atoms with van der Waals surface area (Å²) in [6.07, 6.45) is -1.10. The molecule has 0 aliphatic rings. The summed E-state index contributed by atoms with van der Waals surface area (Å²) in [6.45, 7) is 0. The zero-order valence-corrected chi connectivity index (χ0v) is 9.85. The molecule has 102 valence electrons. The van der Waals surface area contributed by atoms with Gasteiger partial charge in [0.05, 0.1) is 12.5 Å². The fourth-order valence-electron chi connectivity index (χ4n) is 1.68. The highest BCUT2D eigenvalue weighted by Gasteiger charge is 2.30. The number of halogens is 3. The van der Waals surface area contributed by atoms with Gasteiger partial charge < -0.3 is 14.9 Å². The normalized spacial score (nSPS) is 13.3. The van der Waals surface area contributed by atoms with Crippen LogP contribution in [-0.4, -0.2) is 6.36 Å². The summed E-state index contributed by atoms with van der Waals surface area (Å²) in [5.74, 6) is -0.242.